The Kier molecular flexibility index (Phi) is 6.29. The van der Waals surface area contributed by atoms with E-state index in [0.29, 0.717) is 5.56 Å². The van der Waals surface area contributed by atoms with E-state index in [1.165, 1.54) is 12.1 Å². The molecule has 6 heteroatoms. The van der Waals surface area contributed by atoms with Crippen LogP contribution in [-0.2, 0) is 6.18 Å². The zero-order chi connectivity index (χ0) is 19.2. The van der Waals surface area contributed by atoms with Crippen LogP contribution in [0.5, 0.6) is 5.75 Å². The number of amides is 1. The topological polar surface area (TPSA) is 38.3 Å². The molecule has 2 aromatic carbocycles. The van der Waals surface area contributed by atoms with Crippen molar-refractivity contribution in [2.45, 2.75) is 20.0 Å². The van der Waals surface area contributed by atoms with Gasteiger partial charge in [-0.05, 0) is 44.2 Å². The van der Waals surface area contributed by atoms with Gasteiger partial charge in [0.05, 0.1) is 12.1 Å². The molecule has 1 N–H and O–H groups in total. The number of hydrogen-bond donors (Lipinski definition) is 1. The lowest BCUT2D eigenvalue weighted by Crippen LogP contribution is -2.23. The first kappa shape index (κ1) is 19.4. The maximum Gasteiger partial charge on any atom is 0.416 e. The van der Waals surface area contributed by atoms with E-state index in [1.807, 2.05) is 19.9 Å². The summed E-state index contributed by atoms with van der Waals surface area (Å²) in [6.07, 6.45) is -4.41. The van der Waals surface area contributed by atoms with Crippen LogP contribution in [0.1, 0.15) is 27.0 Å². The molecule has 26 heavy (non-hydrogen) atoms. The number of nitrogens with one attached hydrogen (secondary N) is 1. The minimum Gasteiger partial charge on any atom is -0.481 e. The Labute approximate surface area is 150 Å². The largest absolute Gasteiger partial charge is 0.481 e. The molecule has 0 saturated carbocycles. The molecule has 0 fully saturated rings. The fourth-order valence-corrected chi connectivity index (χ4v) is 2.33. The fraction of sp³-hybridized carbons (Fsp3) is 0.250. The molecule has 0 saturated heterocycles. The molecule has 2 aromatic rings. The van der Waals surface area contributed by atoms with Crippen LogP contribution in [0, 0.1) is 25.7 Å². The number of carbonyl (C=O) groups excluding carboxylic acids is 1. The molecule has 1 amide bonds. The zero-order valence-corrected chi connectivity index (χ0v) is 14.4. The molecular weight excluding hydrogens is 343 g/mol. The molecule has 0 aliphatic heterocycles. The molecule has 0 spiro atoms. The highest BCUT2D eigenvalue weighted by Gasteiger charge is 2.30. The van der Waals surface area contributed by atoms with E-state index in [1.54, 1.807) is 12.1 Å². The van der Waals surface area contributed by atoms with Gasteiger partial charge in [-0.2, -0.15) is 13.2 Å². The molecule has 0 aliphatic carbocycles. The molecule has 3 nitrogen and oxygen atoms in total. The highest BCUT2D eigenvalue weighted by molar-refractivity contribution is 5.94. The molecule has 0 aliphatic rings. The molecule has 0 bridgehead atoms. The predicted molar refractivity (Wildman–Crippen MR) is 93.0 cm³/mol. The van der Waals surface area contributed by atoms with Crippen molar-refractivity contribution >= 4 is 5.91 Å². The number of ether oxygens (including phenoxy) is 1. The van der Waals surface area contributed by atoms with Gasteiger partial charge < -0.3 is 10.1 Å². The van der Waals surface area contributed by atoms with E-state index >= 15 is 0 Å². The second-order valence-corrected chi connectivity index (χ2v) is 5.73. The number of alkyl halides is 3. The van der Waals surface area contributed by atoms with Gasteiger partial charge in [0.2, 0.25) is 0 Å². The third-order valence-corrected chi connectivity index (χ3v) is 3.42. The number of benzene rings is 2. The van der Waals surface area contributed by atoms with Crippen molar-refractivity contribution in [2.24, 2.45) is 0 Å². The Morgan fingerprint density at radius 2 is 1.77 bits per heavy atom. The Morgan fingerprint density at radius 3 is 2.42 bits per heavy atom. The molecule has 0 heterocycles. The van der Waals surface area contributed by atoms with Crippen LogP contribution in [0.4, 0.5) is 13.2 Å². The van der Waals surface area contributed by atoms with E-state index in [0.717, 1.165) is 23.3 Å². The van der Waals surface area contributed by atoms with E-state index in [-0.39, 0.29) is 24.8 Å². The van der Waals surface area contributed by atoms with Crippen molar-refractivity contribution in [2.75, 3.05) is 13.2 Å². The highest BCUT2D eigenvalue weighted by Crippen LogP contribution is 2.31. The predicted octanol–water partition coefficient (Wildman–Crippen LogP) is 4.13. The van der Waals surface area contributed by atoms with Crippen LogP contribution < -0.4 is 10.1 Å². The van der Waals surface area contributed by atoms with Crippen LogP contribution in [0.2, 0.25) is 0 Å². The van der Waals surface area contributed by atoms with Gasteiger partial charge in [-0.3, -0.25) is 4.79 Å². The minimum atomic E-state index is -4.41. The first-order valence-electron chi connectivity index (χ1n) is 7.88. The summed E-state index contributed by atoms with van der Waals surface area (Å²) < 4.78 is 43.0. The lowest BCUT2D eigenvalue weighted by atomic mass is 10.1. The fourth-order valence-electron chi connectivity index (χ4n) is 2.33. The van der Waals surface area contributed by atoms with E-state index in [9.17, 15) is 18.0 Å². The smallest absolute Gasteiger partial charge is 0.416 e. The number of aryl methyl sites for hydroxylation is 2. The quantitative estimate of drug-likeness (QED) is 0.832. The molecule has 136 valence electrons. The van der Waals surface area contributed by atoms with Crippen molar-refractivity contribution in [1.82, 2.24) is 5.32 Å². The Balaban J connectivity index is 1.81. The first-order chi connectivity index (χ1) is 12.3. The third kappa shape index (κ3) is 5.85. The van der Waals surface area contributed by atoms with Crippen LogP contribution in [0.15, 0.2) is 42.5 Å². The summed E-state index contributed by atoms with van der Waals surface area (Å²) >= 11 is 0. The third-order valence-electron chi connectivity index (χ3n) is 3.42. The normalized spacial score (nSPS) is 10.7. The summed E-state index contributed by atoms with van der Waals surface area (Å²) in [7, 11) is 0. The summed E-state index contributed by atoms with van der Waals surface area (Å²) in [6.45, 7) is 3.88. The van der Waals surface area contributed by atoms with E-state index in [2.05, 4.69) is 17.2 Å². The van der Waals surface area contributed by atoms with Gasteiger partial charge in [-0.1, -0.05) is 35.1 Å². The highest BCUT2D eigenvalue weighted by atomic mass is 19.4. The average molecular weight is 361 g/mol. The van der Waals surface area contributed by atoms with Gasteiger partial charge in [0, 0.05) is 5.56 Å². The zero-order valence-electron chi connectivity index (χ0n) is 14.4. The number of halogens is 3. The number of rotatable bonds is 4. The van der Waals surface area contributed by atoms with Crippen molar-refractivity contribution in [3.63, 3.8) is 0 Å². The molecule has 0 atom stereocenters. The van der Waals surface area contributed by atoms with Gasteiger partial charge >= 0.3 is 6.18 Å². The van der Waals surface area contributed by atoms with Crippen molar-refractivity contribution in [3.8, 4) is 17.6 Å². The maximum absolute atomic E-state index is 12.6. The monoisotopic (exact) mass is 361 g/mol. The first-order valence-corrected chi connectivity index (χ1v) is 7.88. The van der Waals surface area contributed by atoms with Gasteiger partial charge in [-0.25, -0.2) is 0 Å². The van der Waals surface area contributed by atoms with E-state index < -0.39 is 11.7 Å². The average Bonchev–Trinajstić information content (AvgIpc) is 2.56. The van der Waals surface area contributed by atoms with Gasteiger partial charge in [0.15, 0.2) is 0 Å². The molecular formula is C20H18F3NO2. The van der Waals surface area contributed by atoms with Crippen molar-refractivity contribution < 1.29 is 22.7 Å². The second kappa shape index (κ2) is 8.43. The molecule has 0 radical (unpaired) electrons. The number of hydrogen-bond acceptors (Lipinski definition) is 2. The van der Waals surface area contributed by atoms with Crippen LogP contribution in [0.25, 0.3) is 0 Å². The summed E-state index contributed by atoms with van der Waals surface area (Å²) in [5.74, 6) is 5.21. The van der Waals surface area contributed by atoms with E-state index in [4.69, 9.17) is 4.74 Å². The molecule has 0 aromatic heterocycles. The standard InChI is InChI=1S/C20H18F3NO2/c1-14-10-15(2)12-16(11-14)19(25)24-8-3-4-9-26-18-7-5-6-17(13-18)20(21,22)23/h5-7,10-13H,8-9H2,1-2H3,(H,24,25). The summed E-state index contributed by atoms with van der Waals surface area (Å²) in [5, 5.41) is 2.66. The SMILES string of the molecule is Cc1cc(C)cc(C(=O)NCC#CCOc2cccc(C(F)(F)F)c2)c1. The van der Waals surface area contributed by atoms with Crippen molar-refractivity contribution in [3.05, 3.63) is 64.7 Å². The van der Waals surface area contributed by atoms with Gasteiger partial charge in [0.1, 0.15) is 12.4 Å². The van der Waals surface area contributed by atoms with Gasteiger partial charge in [0.25, 0.3) is 5.91 Å². The molecule has 0 unspecified atom stereocenters. The van der Waals surface area contributed by atoms with Gasteiger partial charge in [-0.15, -0.1) is 0 Å². The minimum absolute atomic E-state index is 0.0687. The Morgan fingerprint density at radius 1 is 1.08 bits per heavy atom. The molecule has 2 rings (SSSR count). The lowest BCUT2D eigenvalue weighted by Gasteiger charge is -2.08. The summed E-state index contributed by atoms with van der Waals surface area (Å²) in [6, 6.07) is 10.1. The summed E-state index contributed by atoms with van der Waals surface area (Å²) in [4.78, 5) is 12.0. The number of carbonyl (C=O) groups is 1. The lowest BCUT2D eigenvalue weighted by molar-refractivity contribution is -0.137. The summed E-state index contributed by atoms with van der Waals surface area (Å²) in [5.41, 5.74) is 1.78. The van der Waals surface area contributed by atoms with Crippen molar-refractivity contribution in [1.29, 1.82) is 0 Å². The Bertz CT molecular complexity index is 828. The van der Waals surface area contributed by atoms with Crippen LogP contribution in [-0.4, -0.2) is 19.1 Å². The second-order valence-electron chi connectivity index (χ2n) is 5.73. The van der Waals surface area contributed by atoms with Crippen LogP contribution >= 0.6 is 0 Å². The maximum atomic E-state index is 12.6. The van der Waals surface area contributed by atoms with Crippen LogP contribution in [0.3, 0.4) is 0 Å². The Hall–Kier alpha value is -2.94.